The molecule has 1 heterocycles. The number of halogens is 2. The third kappa shape index (κ3) is 1.93. The minimum absolute atomic E-state index is 0.497. The van der Waals surface area contributed by atoms with Crippen LogP contribution in [0.25, 0.3) is 11.4 Å². The average Bonchev–Trinajstić information content (AvgIpc) is 2.81. The fourth-order valence-electron chi connectivity index (χ4n) is 2.23. The Morgan fingerprint density at radius 2 is 1.89 bits per heavy atom. The van der Waals surface area contributed by atoms with E-state index in [1.54, 1.807) is 12.1 Å². The fraction of sp³-hybridized carbons (Fsp3) is 0.231. The largest absolute Gasteiger partial charge is 0.383 e. The molecule has 18 heavy (non-hydrogen) atoms. The average molecular weight is 280 g/mol. The minimum Gasteiger partial charge on any atom is -0.383 e. The summed E-state index contributed by atoms with van der Waals surface area (Å²) in [4.78, 5) is 8.91. The Kier molecular flexibility index (Phi) is 2.88. The van der Waals surface area contributed by atoms with Crippen molar-refractivity contribution in [3.63, 3.8) is 0 Å². The zero-order valence-corrected chi connectivity index (χ0v) is 11.1. The highest BCUT2D eigenvalue weighted by Crippen LogP contribution is 2.30. The number of rotatable bonds is 1. The van der Waals surface area contributed by atoms with Gasteiger partial charge >= 0.3 is 0 Å². The van der Waals surface area contributed by atoms with E-state index in [0.717, 1.165) is 36.1 Å². The zero-order chi connectivity index (χ0) is 12.7. The molecule has 2 N–H and O–H groups in total. The molecule has 0 fully saturated rings. The van der Waals surface area contributed by atoms with Crippen molar-refractivity contribution in [2.75, 3.05) is 5.73 Å². The van der Waals surface area contributed by atoms with Crippen LogP contribution in [0.2, 0.25) is 10.0 Å². The Morgan fingerprint density at radius 3 is 2.67 bits per heavy atom. The summed E-state index contributed by atoms with van der Waals surface area (Å²) in [6, 6.07) is 5.36. The van der Waals surface area contributed by atoms with Crippen LogP contribution in [-0.4, -0.2) is 9.97 Å². The van der Waals surface area contributed by atoms with E-state index in [1.807, 2.05) is 6.07 Å². The summed E-state index contributed by atoms with van der Waals surface area (Å²) in [7, 11) is 0. The quantitative estimate of drug-likeness (QED) is 0.869. The number of hydrogen-bond acceptors (Lipinski definition) is 3. The van der Waals surface area contributed by atoms with E-state index in [2.05, 4.69) is 9.97 Å². The number of benzene rings is 1. The highest BCUT2D eigenvalue weighted by Gasteiger charge is 2.18. The second-order valence-corrected chi connectivity index (χ2v) is 5.15. The first kappa shape index (κ1) is 11.8. The van der Waals surface area contributed by atoms with Crippen molar-refractivity contribution in [1.29, 1.82) is 0 Å². The first-order valence-corrected chi connectivity index (χ1v) is 6.51. The van der Waals surface area contributed by atoms with Crippen molar-refractivity contribution in [2.45, 2.75) is 19.3 Å². The molecule has 0 atom stereocenters. The van der Waals surface area contributed by atoms with Crippen LogP contribution in [0.1, 0.15) is 17.7 Å². The number of aromatic nitrogens is 2. The second-order valence-electron chi connectivity index (χ2n) is 4.34. The standard InChI is InChI=1S/C13H11Cl2N3/c14-9-5-4-7(6-10(9)15)13-17-11-3-1-2-8(11)12(16)18-13/h4-6H,1-3H2,(H2,16,17,18). The molecule has 5 heteroatoms. The summed E-state index contributed by atoms with van der Waals surface area (Å²) in [5.41, 5.74) is 8.96. The van der Waals surface area contributed by atoms with Crippen molar-refractivity contribution in [2.24, 2.45) is 0 Å². The molecule has 3 nitrogen and oxygen atoms in total. The van der Waals surface area contributed by atoms with Gasteiger partial charge in [0.1, 0.15) is 5.82 Å². The molecule has 0 spiro atoms. The predicted octanol–water partition coefficient (Wildman–Crippen LogP) is 3.52. The summed E-state index contributed by atoms with van der Waals surface area (Å²) in [5, 5.41) is 1.02. The molecule has 92 valence electrons. The molecule has 1 aromatic carbocycles. The van der Waals surface area contributed by atoms with E-state index in [1.165, 1.54) is 0 Å². The molecule has 1 aliphatic carbocycles. The Balaban J connectivity index is 2.12. The van der Waals surface area contributed by atoms with Crippen LogP contribution in [0, 0.1) is 0 Å². The lowest BCUT2D eigenvalue weighted by atomic mass is 10.2. The summed E-state index contributed by atoms with van der Waals surface area (Å²) >= 11 is 11.9. The van der Waals surface area contributed by atoms with Crippen LogP contribution in [0.15, 0.2) is 18.2 Å². The van der Waals surface area contributed by atoms with E-state index < -0.39 is 0 Å². The minimum atomic E-state index is 0.497. The molecule has 1 aromatic heterocycles. The summed E-state index contributed by atoms with van der Waals surface area (Å²) in [5.74, 6) is 1.20. The molecule has 0 saturated carbocycles. The Hall–Kier alpha value is -1.32. The maximum Gasteiger partial charge on any atom is 0.161 e. The highest BCUT2D eigenvalue weighted by atomic mass is 35.5. The first-order valence-electron chi connectivity index (χ1n) is 5.76. The lowest BCUT2D eigenvalue weighted by Crippen LogP contribution is -2.02. The van der Waals surface area contributed by atoms with Crippen molar-refractivity contribution in [1.82, 2.24) is 9.97 Å². The van der Waals surface area contributed by atoms with Gasteiger partial charge in [0.2, 0.25) is 0 Å². The molecule has 0 unspecified atom stereocenters. The normalized spacial score (nSPS) is 13.7. The fourth-order valence-corrected chi connectivity index (χ4v) is 2.52. The van der Waals surface area contributed by atoms with Gasteiger partial charge in [0, 0.05) is 16.8 Å². The molecule has 0 amide bonds. The Bertz CT molecular complexity index is 626. The van der Waals surface area contributed by atoms with Crippen molar-refractivity contribution in [3.8, 4) is 11.4 Å². The number of anilines is 1. The second kappa shape index (κ2) is 4.41. The number of hydrogen-bond donors (Lipinski definition) is 1. The van der Waals surface area contributed by atoms with Gasteiger partial charge in [0.25, 0.3) is 0 Å². The SMILES string of the molecule is Nc1nc(-c2ccc(Cl)c(Cl)c2)nc2c1CCC2. The van der Waals surface area contributed by atoms with Crippen molar-refractivity contribution in [3.05, 3.63) is 39.5 Å². The maximum atomic E-state index is 6.00. The van der Waals surface area contributed by atoms with Gasteiger partial charge in [-0.25, -0.2) is 9.97 Å². The predicted molar refractivity (Wildman–Crippen MR) is 73.9 cm³/mol. The van der Waals surface area contributed by atoms with E-state index in [0.29, 0.717) is 21.7 Å². The topological polar surface area (TPSA) is 51.8 Å². The van der Waals surface area contributed by atoms with Gasteiger partial charge in [-0.05, 0) is 37.5 Å². The summed E-state index contributed by atoms with van der Waals surface area (Å²) < 4.78 is 0. The molecule has 0 saturated heterocycles. The van der Waals surface area contributed by atoms with Crippen LogP contribution in [0.4, 0.5) is 5.82 Å². The van der Waals surface area contributed by atoms with E-state index in [9.17, 15) is 0 Å². The summed E-state index contributed by atoms with van der Waals surface area (Å²) in [6.45, 7) is 0. The van der Waals surface area contributed by atoms with Crippen LogP contribution < -0.4 is 5.73 Å². The van der Waals surface area contributed by atoms with Gasteiger partial charge in [-0.15, -0.1) is 0 Å². The molecule has 0 radical (unpaired) electrons. The highest BCUT2D eigenvalue weighted by molar-refractivity contribution is 6.42. The molecule has 2 aromatic rings. The number of nitrogen functional groups attached to an aromatic ring is 1. The van der Waals surface area contributed by atoms with E-state index in [4.69, 9.17) is 28.9 Å². The first-order chi connectivity index (χ1) is 8.65. The van der Waals surface area contributed by atoms with E-state index >= 15 is 0 Å². The Labute approximate surface area is 115 Å². The molecule has 3 rings (SSSR count). The number of fused-ring (bicyclic) bond motifs is 1. The Morgan fingerprint density at radius 1 is 1.06 bits per heavy atom. The lowest BCUT2D eigenvalue weighted by Gasteiger charge is -2.07. The monoisotopic (exact) mass is 279 g/mol. The smallest absolute Gasteiger partial charge is 0.161 e. The van der Waals surface area contributed by atoms with Crippen molar-refractivity contribution >= 4 is 29.0 Å². The maximum absolute atomic E-state index is 6.00. The van der Waals surface area contributed by atoms with Crippen LogP contribution in [0.5, 0.6) is 0 Å². The summed E-state index contributed by atoms with van der Waals surface area (Å²) in [6.07, 6.45) is 3.04. The van der Waals surface area contributed by atoms with Gasteiger partial charge in [-0.2, -0.15) is 0 Å². The number of nitrogens with two attached hydrogens (primary N) is 1. The third-order valence-corrected chi connectivity index (χ3v) is 3.88. The van der Waals surface area contributed by atoms with Gasteiger partial charge < -0.3 is 5.73 Å². The molecule has 0 bridgehead atoms. The number of nitrogens with zero attached hydrogens (tertiary/aromatic N) is 2. The zero-order valence-electron chi connectivity index (χ0n) is 9.58. The molecule has 0 aliphatic heterocycles. The van der Waals surface area contributed by atoms with Crippen molar-refractivity contribution < 1.29 is 0 Å². The van der Waals surface area contributed by atoms with Crippen LogP contribution >= 0.6 is 23.2 Å². The van der Waals surface area contributed by atoms with Gasteiger partial charge in [-0.3, -0.25) is 0 Å². The van der Waals surface area contributed by atoms with E-state index in [-0.39, 0.29) is 0 Å². The van der Waals surface area contributed by atoms with Gasteiger partial charge in [0.05, 0.1) is 10.0 Å². The number of aryl methyl sites for hydroxylation is 1. The molecular formula is C13H11Cl2N3. The molecular weight excluding hydrogens is 269 g/mol. The lowest BCUT2D eigenvalue weighted by molar-refractivity contribution is 0.900. The van der Waals surface area contributed by atoms with Gasteiger partial charge in [-0.1, -0.05) is 23.2 Å². The molecule has 1 aliphatic rings. The third-order valence-electron chi connectivity index (χ3n) is 3.14. The van der Waals surface area contributed by atoms with Crippen LogP contribution in [0.3, 0.4) is 0 Å². The van der Waals surface area contributed by atoms with Gasteiger partial charge in [0.15, 0.2) is 5.82 Å². The van der Waals surface area contributed by atoms with Crippen LogP contribution in [-0.2, 0) is 12.8 Å².